The molecule has 0 saturated carbocycles. The van der Waals surface area contributed by atoms with Gasteiger partial charge in [0, 0.05) is 24.1 Å². The third kappa shape index (κ3) is 4.10. The number of hydrogen-bond donors (Lipinski definition) is 2. The molecule has 0 spiro atoms. The molecule has 0 fully saturated rings. The molecule has 3 rings (SSSR count). The van der Waals surface area contributed by atoms with Crippen molar-refractivity contribution in [3.8, 4) is 0 Å². The van der Waals surface area contributed by atoms with E-state index in [1.54, 1.807) is 6.07 Å². The van der Waals surface area contributed by atoms with Crippen LogP contribution >= 0.6 is 0 Å². The highest BCUT2D eigenvalue weighted by atomic mass is 16.6. The third-order valence-corrected chi connectivity index (χ3v) is 4.06. The van der Waals surface area contributed by atoms with Gasteiger partial charge < -0.3 is 10.4 Å². The maximum absolute atomic E-state index is 10.9. The summed E-state index contributed by atoms with van der Waals surface area (Å²) >= 11 is 0. The van der Waals surface area contributed by atoms with Crippen molar-refractivity contribution in [3.63, 3.8) is 0 Å². The van der Waals surface area contributed by atoms with Crippen molar-refractivity contribution in [1.82, 2.24) is 4.98 Å². The average Bonchev–Trinajstić information content (AvgIpc) is 2.65. The lowest BCUT2D eigenvalue weighted by Crippen LogP contribution is -2.12. The zero-order chi connectivity index (χ0) is 17.6. The number of aliphatic hydroxyl groups excluding tert-OH is 1. The summed E-state index contributed by atoms with van der Waals surface area (Å²) in [6, 6.07) is 18.3. The Hall–Kier alpha value is -2.99. The first-order chi connectivity index (χ1) is 12.2. The van der Waals surface area contributed by atoms with E-state index < -0.39 is 4.92 Å². The summed E-state index contributed by atoms with van der Waals surface area (Å²) in [6.45, 7) is 0.139. The second kappa shape index (κ2) is 7.72. The van der Waals surface area contributed by atoms with E-state index in [0.717, 1.165) is 17.4 Å². The zero-order valence-electron chi connectivity index (χ0n) is 13.6. The van der Waals surface area contributed by atoms with Crippen LogP contribution in [0.1, 0.15) is 24.4 Å². The number of rotatable bonds is 7. The van der Waals surface area contributed by atoms with Crippen molar-refractivity contribution < 1.29 is 10.0 Å². The van der Waals surface area contributed by atoms with Gasteiger partial charge in [-0.15, -0.1) is 0 Å². The van der Waals surface area contributed by atoms with Gasteiger partial charge in [-0.05, 0) is 36.6 Å². The van der Waals surface area contributed by atoms with Crippen LogP contribution in [0.25, 0.3) is 10.9 Å². The minimum atomic E-state index is -0.411. The molecule has 0 amide bonds. The number of nitro benzene ring substituents is 1. The maximum atomic E-state index is 10.9. The highest BCUT2D eigenvalue weighted by molar-refractivity contribution is 5.82. The Morgan fingerprint density at radius 1 is 1.12 bits per heavy atom. The van der Waals surface area contributed by atoms with Crippen LogP contribution < -0.4 is 5.32 Å². The summed E-state index contributed by atoms with van der Waals surface area (Å²) in [5, 5.41) is 24.1. The highest BCUT2D eigenvalue weighted by Crippen LogP contribution is 2.25. The number of aliphatic hydroxyl groups is 1. The second-order valence-electron chi connectivity index (χ2n) is 5.80. The average molecular weight is 337 g/mol. The summed E-state index contributed by atoms with van der Waals surface area (Å²) in [7, 11) is 0. The lowest BCUT2D eigenvalue weighted by molar-refractivity contribution is -0.384. The smallest absolute Gasteiger partial charge is 0.270 e. The molecule has 3 aromatic rings. The van der Waals surface area contributed by atoms with E-state index in [9.17, 15) is 10.1 Å². The van der Waals surface area contributed by atoms with Crippen LogP contribution in [-0.2, 0) is 0 Å². The Morgan fingerprint density at radius 2 is 1.92 bits per heavy atom. The maximum Gasteiger partial charge on any atom is 0.270 e. The zero-order valence-corrected chi connectivity index (χ0v) is 13.6. The first kappa shape index (κ1) is 16.9. The Bertz CT molecular complexity index is 868. The van der Waals surface area contributed by atoms with Crippen LogP contribution in [0, 0.1) is 10.1 Å². The van der Waals surface area contributed by atoms with Gasteiger partial charge >= 0.3 is 0 Å². The number of aromatic nitrogens is 1. The SMILES string of the molecule is O=[N+]([O-])c1ccc2nc(NC(CCCO)c3ccccc3)ccc2c1. The number of nitrogens with zero attached hydrogens (tertiary/aromatic N) is 2. The number of nitrogens with one attached hydrogen (secondary N) is 1. The lowest BCUT2D eigenvalue weighted by Gasteiger charge is -2.19. The molecular weight excluding hydrogens is 318 g/mol. The van der Waals surface area contributed by atoms with Crippen molar-refractivity contribution in [3.05, 3.63) is 76.3 Å². The third-order valence-electron chi connectivity index (χ3n) is 4.06. The first-order valence-corrected chi connectivity index (χ1v) is 8.15. The van der Waals surface area contributed by atoms with E-state index in [1.165, 1.54) is 12.1 Å². The molecule has 1 atom stereocenters. The number of fused-ring (bicyclic) bond motifs is 1. The minimum Gasteiger partial charge on any atom is -0.396 e. The van der Waals surface area contributed by atoms with Crippen molar-refractivity contribution in [2.45, 2.75) is 18.9 Å². The minimum absolute atomic E-state index is 0.0383. The van der Waals surface area contributed by atoms with Crippen LogP contribution in [0.15, 0.2) is 60.7 Å². The summed E-state index contributed by atoms with van der Waals surface area (Å²) in [5.74, 6) is 0.702. The Morgan fingerprint density at radius 3 is 2.64 bits per heavy atom. The van der Waals surface area contributed by atoms with Gasteiger partial charge in [-0.1, -0.05) is 30.3 Å². The number of anilines is 1. The molecule has 0 aliphatic carbocycles. The Labute approximate surface area is 145 Å². The molecule has 1 unspecified atom stereocenters. The predicted octanol–water partition coefficient (Wildman–Crippen LogP) is 4.07. The van der Waals surface area contributed by atoms with Gasteiger partial charge in [0.1, 0.15) is 5.82 Å². The Balaban J connectivity index is 1.86. The van der Waals surface area contributed by atoms with E-state index in [4.69, 9.17) is 5.11 Å². The lowest BCUT2D eigenvalue weighted by atomic mass is 10.0. The molecule has 0 bridgehead atoms. The molecule has 2 N–H and O–H groups in total. The van der Waals surface area contributed by atoms with Crippen LogP contribution in [0.2, 0.25) is 0 Å². The molecule has 6 nitrogen and oxygen atoms in total. The summed E-state index contributed by atoms with van der Waals surface area (Å²) < 4.78 is 0. The number of pyridine rings is 1. The summed E-state index contributed by atoms with van der Waals surface area (Å²) in [4.78, 5) is 15.0. The largest absolute Gasteiger partial charge is 0.396 e. The molecule has 0 aliphatic rings. The standard InChI is InChI=1S/C19H19N3O3/c23-12-4-7-17(14-5-2-1-3-6-14)20-19-11-8-15-13-16(22(24)25)9-10-18(15)21-19/h1-3,5-6,8-11,13,17,23H,4,7,12H2,(H,20,21). The molecule has 6 heteroatoms. The van der Waals surface area contributed by atoms with Crippen molar-refractivity contribution >= 4 is 22.4 Å². The van der Waals surface area contributed by atoms with Crippen molar-refractivity contribution in [2.75, 3.05) is 11.9 Å². The number of nitro groups is 1. The van der Waals surface area contributed by atoms with Crippen LogP contribution in [0.5, 0.6) is 0 Å². The van der Waals surface area contributed by atoms with E-state index in [-0.39, 0.29) is 18.3 Å². The van der Waals surface area contributed by atoms with Gasteiger partial charge in [-0.2, -0.15) is 0 Å². The molecule has 128 valence electrons. The monoisotopic (exact) mass is 337 g/mol. The molecule has 2 aromatic carbocycles. The van der Waals surface area contributed by atoms with Crippen LogP contribution in [-0.4, -0.2) is 21.6 Å². The fourth-order valence-electron chi connectivity index (χ4n) is 2.79. The molecule has 0 radical (unpaired) electrons. The van der Waals surface area contributed by atoms with Gasteiger partial charge in [0.05, 0.1) is 16.5 Å². The predicted molar refractivity (Wildman–Crippen MR) is 97.5 cm³/mol. The van der Waals surface area contributed by atoms with Crippen molar-refractivity contribution in [1.29, 1.82) is 0 Å². The van der Waals surface area contributed by atoms with Gasteiger partial charge in [0.15, 0.2) is 0 Å². The first-order valence-electron chi connectivity index (χ1n) is 8.15. The normalized spacial score (nSPS) is 12.0. The highest BCUT2D eigenvalue weighted by Gasteiger charge is 2.12. The van der Waals surface area contributed by atoms with Gasteiger partial charge in [-0.25, -0.2) is 4.98 Å². The summed E-state index contributed by atoms with van der Waals surface area (Å²) in [6.07, 6.45) is 1.47. The fraction of sp³-hybridized carbons (Fsp3) is 0.211. The van der Waals surface area contributed by atoms with E-state index in [2.05, 4.69) is 10.3 Å². The van der Waals surface area contributed by atoms with Crippen LogP contribution in [0.3, 0.4) is 0 Å². The quantitative estimate of drug-likeness (QED) is 0.501. The fourth-order valence-corrected chi connectivity index (χ4v) is 2.79. The van der Waals surface area contributed by atoms with Gasteiger partial charge in [-0.3, -0.25) is 10.1 Å². The number of non-ortho nitro benzene ring substituents is 1. The molecule has 25 heavy (non-hydrogen) atoms. The van der Waals surface area contributed by atoms with Crippen molar-refractivity contribution in [2.24, 2.45) is 0 Å². The van der Waals surface area contributed by atoms with Gasteiger partial charge in [0.25, 0.3) is 5.69 Å². The number of benzene rings is 2. The van der Waals surface area contributed by atoms with E-state index >= 15 is 0 Å². The topological polar surface area (TPSA) is 88.3 Å². The molecule has 1 aromatic heterocycles. The van der Waals surface area contributed by atoms with E-state index in [1.807, 2.05) is 42.5 Å². The molecule has 0 saturated heterocycles. The number of hydrogen-bond acceptors (Lipinski definition) is 5. The Kier molecular flexibility index (Phi) is 5.20. The second-order valence-corrected chi connectivity index (χ2v) is 5.80. The molecule has 1 heterocycles. The summed E-state index contributed by atoms with van der Waals surface area (Å²) in [5.41, 5.74) is 1.88. The van der Waals surface area contributed by atoms with Crippen LogP contribution in [0.4, 0.5) is 11.5 Å². The molecular formula is C19H19N3O3. The van der Waals surface area contributed by atoms with E-state index in [0.29, 0.717) is 17.8 Å². The van der Waals surface area contributed by atoms with Gasteiger partial charge in [0.2, 0.25) is 0 Å². The molecule has 0 aliphatic heterocycles.